The third-order valence-electron chi connectivity index (χ3n) is 11.6. The van der Waals surface area contributed by atoms with Gasteiger partial charge in [-0.15, -0.1) is 0 Å². The standard InChI is InChI=1S/C57H99NO7/c1-6-8-10-12-14-16-18-20-22-24-26-27-28-30-32-34-36-38-40-42-44-46-48-56(60)65-53(51-63-50-49-54(57(61)62)58(3,4)5)52-64-55(59)47-45-43-41-39-37-35-33-31-29-25-23-21-19-17-15-13-11-9-7-2/h8,10,14-17,19-22,26-27,53-54H,6-7,9,11-13,18,23-25,28-52H2,1-5H3/b10-8+,16-14+,17-15+,21-19+,22-20+,27-26+. The summed E-state index contributed by atoms with van der Waals surface area (Å²) in [5, 5.41) is 11.7. The number of hydrogen-bond acceptors (Lipinski definition) is 7. The Morgan fingerprint density at radius 2 is 0.908 bits per heavy atom. The third kappa shape index (κ3) is 45.7. The summed E-state index contributed by atoms with van der Waals surface area (Å²) >= 11 is 0. The Morgan fingerprint density at radius 1 is 0.492 bits per heavy atom. The van der Waals surface area contributed by atoms with Crippen molar-refractivity contribution in [3.05, 3.63) is 72.9 Å². The molecule has 8 heteroatoms. The largest absolute Gasteiger partial charge is 0.544 e. The first-order valence-corrected chi connectivity index (χ1v) is 26.5. The van der Waals surface area contributed by atoms with Crippen molar-refractivity contribution in [2.45, 2.75) is 231 Å². The van der Waals surface area contributed by atoms with E-state index >= 15 is 0 Å². The predicted octanol–water partition coefficient (Wildman–Crippen LogP) is 14.1. The Kier molecular flexibility index (Phi) is 44.9. The molecule has 374 valence electrons. The van der Waals surface area contributed by atoms with Crippen LogP contribution in [0.2, 0.25) is 0 Å². The zero-order valence-electron chi connectivity index (χ0n) is 42.6. The number of rotatable bonds is 47. The molecule has 0 saturated carbocycles. The number of carboxylic acid groups (broad SMARTS) is 1. The van der Waals surface area contributed by atoms with Gasteiger partial charge < -0.3 is 28.6 Å². The molecule has 2 unspecified atom stereocenters. The number of esters is 2. The van der Waals surface area contributed by atoms with Gasteiger partial charge in [-0.2, -0.15) is 0 Å². The van der Waals surface area contributed by atoms with E-state index in [1.54, 1.807) is 21.1 Å². The van der Waals surface area contributed by atoms with Crippen LogP contribution in [-0.2, 0) is 28.6 Å². The minimum Gasteiger partial charge on any atom is -0.544 e. The number of quaternary nitrogens is 1. The summed E-state index contributed by atoms with van der Waals surface area (Å²) in [5.41, 5.74) is 0. The van der Waals surface area contributed by atoms with Crippen LogP contribution in [0.4, 0.5) is 0 Å². The average Bonchev–Trinajstić information content (AvgIpc) is 3.27. The molecule has 0 aromatic rings. The van der Waals surface area contributed by atoms with E-state index in [9.17, 15) is 19.5 Å². The topological polar surface area (TPSA) is 102 Å². The summed E-state index contributed by atoms with van der Waals surface area (Å²) in [6.07, 6.45) is 60.7. The third-order valence-corrected chi connectivity index (χ3v) is 11.6. The Bertz CT molecular complexity index is 1290. The number of aliphatic carboxylic acids is 1. The van der Waals surface area contributed by atoms with Crippen LogP contribution < -0.4 is 5.11 Å². The molecule has 0 aliphatic carbocycles. The van der Waals surface area contributed by atoms with Crippen LogP contribution in [0.25, 0.3) is 0 Å². The van der Waals surface area contributed by atoms with Crippen LogP contribution in [0.3, 0.4) is 0 Å². The second-order valence-corrected chi connectivity index (χ2v) is 18.8. The molecule has 0 bridgehead atoms. The fourth-order valence-corrected chi connectivity index (χ4v) is 7.52. The Hall–Kier alpha value is -3.23. The van der Waals surface area contributed by atoms with Gasteiger partial charge in [-0.25, -0.2) is 0 Å². The highest BCUT2D eigenvalue weighted by Crippen LogP contribution is 2.15. The summed E-state index contributed by atoms with van der Waals surface area (Å²) in [5.74, 6) is -1.75. The van der Waals surface area contributed by atoms with Crippen molar-refractivity contribution >= 4 is 17.9 Å². The Morgan fingerprint density at radius 3 is 1.37 bits per heavy atom. The molecule has 0 saturated heterocycles. The number of allylic oxidation sites excluding steroid dienone is 12. The number of unbranched alkanes of at least 4 members (excludes halogenated alkanes) is 22. The van der Waals surface area contributed by atoms with Crippen molar-refractivity contribution in [1.29, 1.82) is 0 Å². The van der Waals surface area contributed by atoms with E-state index in [0.717, 1.165) is 70.6 Å². The molecular formula is C57H99NO7. The van der Waals surface area contributed by atoms with Crippen molar-refractivity contribution in [1.82, 2.24) is 0 Å². The first-order chi connectivity index (χ1) is 31.6. The lowest BCUT2D eigenvalue weighted by atomic mass is 10.1. The molecule has 0 amide bonds. The molecule has 0 aliphatic rings. The van der Waals surface area contributed by atoms with Gasteiger partial charge in [0.15, 0.2) is 6.10 Å². The van der Waals surface area contributed by atoms with E-state index in [0.29, 0.717) is 12.8 Å². The fourth-order valence-electron chi connectivity index (χ4n) is 7.52. The SMILES string of the molecule is CC/C=C/C/C=C/C/C=C/C/C=C/CCCCCCCCCCCC(=O)OC(COCCC(C(=O)[O-])[N+](C)(C)C)COC(=O)CCCCCCCCCCCC/C=C/C=C/CCCCC. The lowest BCUT2D eigenvalue weighted by Gasteiger charge is -2.34. The van der Waals surface area contributed by atoms with Crippen molar-refractivity contribution in [3.63, 3.8) is 0 Å². The minimum absolute atomic E-state index is 0.0350. The summed E-state index contributed by atoms with van der Waals surface area (Å²) in [4.78, 5) is 37.1. The van der Waals surface area contributed by atoms with E-state index < -0.39 is 18.1 Å². The quantitative estimate of drug-likeness (QED) is 0.0197. The molecule has 0 aliphatic heterocycles. The van der Waals surface area contributed by atoms with E-state index in [1.165, 1.54) is 116 Å². The number of ether oxygens (including phenoxy) is 3. The lowest BCUT2D eigenvalue weighted by Crippen LogP contribution is -2.55. The van der Waals surface area contributed by atoms with E-state index in [4.69, 9.17) is 14.2 Å². The number of carbonyl (C=O) groups is 3. The van der Waals surface area contributed by atoms with Gasteiger partial charge >= 0.3 is 11.9 Å². The monoisotopic (exact) mass is 910 g/mol. The molecule has 0 aromatic carbocycles. The second kappa shape index (κ2) is 47.3. The van der Waals surface area contributed by atoms with Crippen molar-refractivity contribution in [2.75, 3.05) is 41.0 Å². The summed E-state index contributed by atoms with van der Waals surface area (Å²) < 4.78 is 17.3. The van der Waals surface area contributed by atoms with Gasteiger partial charge in [-0.3, -0.25) is 9.59 Å². The van der Waals surface area contributed by atoms with Crippen LogP contribution in [0.5, 0.6) is 0 Å². The highest BCUT2D eigenvalue weighted by molar-refractivity contribution is 5.70. The maximum atomic E-state index is 12.8. The molecule has 0 heterocycles. The van der Waals surface area contributed by atoms with Crippen LogP contribution in [-0.4, -0.2) is 75.5 Å². The maximum absolute atomic E-state index is 12.8. The van der Waals surface area contributed by atoms with Gasteiger partial charge in [0.1, 0.15) is 12.6 Å². The van der Waals surface area contributed by atoms with Crippen LogP contribution >= 0.6 is 0 Å². The normalized spacial score (nSPS) is 13.4. The van der Waals surface area contributed by atoms with E-state index in [2.05, 4.69) is 86.8 Å². The fraction of sp³-hybridized carbons (Fsp3) is 0.737. The number of carbonyl (C=O) groups excluding carboxylic acids is 3. The number of carboxylic acids is 1. The zero-order valence-corrected chi connectivity index (χ0v) is 42.6. The molecule has 0 spiro atoms. The molecule has 0 N–H and O–H groups in total. The summed E-state index contributed by atoms with van der Waals surface area (Å²) in [7, 11) is 5.41. The molecule has 65 heavy (non-hydrogen) atoms. The predicted molar refractivity (Wildman–Crippen MR) is 272 cm³/mol. The molecule has 0 rings (SSSR count). The van der Waals surface area contributed by atoms with E-state index in [-0.39, 0.29) is 42.7 Å². The van der Waals surface area contributed by atoms with Gasteiger partial charge in [0.05, 0.1) is 40.3 Å². The number of likely N-dealkylation sites (N-methyl/N-ethyl adjacent to an activating group) is 1. The second-order valence-electron chi connectivity index (χ2n) is 18.8. The first kappa shape index (κ1) is 61.8. The van der Waals surface area contributed by atoms with Crippen LogP contribution in [0.15, 0.2) is 72.9 Å². The molecule has 0 radical (unpaired) electrons. The van der Waals surface area contributed by atoms with Crippen molar-refractivity contribution in [3.8, 4) is 0 Å². The molecule has 8 nitrogen and oxygen atoms in total. The van der Waals surface area contributed by atoms with Gasteiger partial charge in [0.2, 0.25) is 0 Å². The summed E-state index contributed by atoms with van der Waals surface area (Å²) in [6, 6.07) is -0.731. The highest BCUT2D eigenvalue weighted by atomic mass is 16.6. The molecule has 0 aromatic heterocycles. The van der Waals surface area contributed by atoms with Gasteiger partial charge in [0.25, 0.3) is 0 Å². The van der Waals surface area contributed by atoms with Crippen molar-refractivity contribution < 1.29 is 38.2 Å². The molecular weight excluding hydrogens is 811 g/mol. The first-order valence-electron chi connectivity index (χ1n) is 26.5. The number of nitrogens with zero attached hydrogens (tertiary/aromatic N) is 1. The minimum atomic E-state index is -1.13. The summed E-state index contributed by atoms with van der Waals surface area (Å²) in [6.45, 7) is 4.53. The van der Waals surface area contributed by atoms with Crippen LogP contribution in [0, 0.1) is 0 Å². The highest BCUT2D eigenvalue weighted by Gasteiger charge is 2.25. The maximum Gasteiger partial charge on any atom is 0.306 e. The lowest BCUT2D eigenvalue weighted by molar-refractivity contribution is -0.889. The van der Waals surface area contributed by atoms with Gasteiger partial charge in [0, 0.05) is 19.3 Å². The Labute approximate surface area is 400 Å². The van der Waals surface area contributed by atoms with E-state index in [1.807, 2.05) is 0 Å². The van der Waals surface area contributed by atoms with Gasteiger partial charge in [-0.1, -0.05) is 196 Å². The molecule has 2 atom stereocenters. The number of hydrogen-bond donors (Lipinski definition) is 0. The smallest absolute Gasteiger partial charge is 0.306 e. The molecule has 0 fully saturated rings. The van der Waals surface area contributed by atoms with Crippen LogP contribution in [0.1, 0.15) is 219 Å². The average molecular weight is 910 g/mol. The van der Waals surface area contributed by atoms with Crippen molar-refractivity contribution in [2.24, 2.45) is 0 Å². The zero-order chi connectivity index (χ0) is 47.7. The Balaban J connectivity index is 4.24. The van der Waals surface area contributed by atoms with Gasteiger partial charge in [-0.05, 0) is 77.0 Å².